The Hall–Kier alpha value is -2.05. The predicted molar refractivity (Wildman–Crippen MR) is 63.5 cm³/mol. The van der Waals surface area contributed by atoms with Crippen LogP contribution in [0.5, 0.6) is 0 Å². The third kappa shape index (κ3) is 2.74. The van der Waals surface area contributed by atoms with Gasteiger partial charge in [0.15, 0.2) is 5.25 Å². The maximum atomic E-state index is 11.7. The first-order valence-electron chi connectivity index (χ1n) is 4.83. The molecule has 0 aliphatic carbocycles. The SMILES string of the molecule is Cc1cccc(NS(=O)(=O)C(C)C#N)c1C#N. The predicted octanol–water partition coefficient (Wildman–Crippen LogP) is 1.52. The number of anilines is 1. The van der Waals surface area contributed by atoms with E-state index in [0.717, 1.165) is 0 Å². The van der Waals surface area contributed by atoms with E-state index in [1.807, 2.05) is 6.07 Å². The monoisotopic (exact) mass is 249 g/mol. The molecular weight excluding hydrogens is 238 g/mol. The van der Waals surface area contributed by atoms with Gasteiger partial charge >= 0.3 is 0 Å². The Morgan fingerprint density at radius 1 is 1.35 bits per heavy atom. The molecule has 0 aromatic heterocycles. The molecule has 0 aliphatic rings. The van der Waals surface area contributed by atoms with Gasteiger partial charge < -0.3 is 0 Å². The van der Waals surface area contributed by atoms with E-state index in [1.54, 1.807) is 25.1 Å². The van der Waals surface area contributed by atoms with Crippen molar-refractivity contribution >= 4 is 15.7 Å². The largest absolute Gasteiger partial charge is 0.281 e. The highest BCUT2D eigenvalue weighted by Gasteiger charge is 2.21. The smallest absolute Gasteiger partial charge is 0.248 e. The number of rotatable bonds is 3. The van der Waals surface area contributed by atoms with Crippen molar-refractivity contribution in [3.05, 3.63) is 29.3 Å². The van der Waals surface area contributed by atoms with Gasteiger partial charge in [0.25, 0.3) is 0 Å². The van der Waals surface area contributed by atoms with Crippen molar-refractivity contribution in [1.29, 1.82) is 10.5 Å². The summed E-state index contributed by atoms with van der Waals surface area (Å²) in [6, 6.07) is 8.43. The zero-order valence-electron chi connectivity index (χ0n) is 9.43. The third-order valence-electron chi connectivity index (χ3n) is 2.28. The number of hydrogen-bond donors (Lipinski definition) is 1. The summed E-state index contributed by atoms with van der Waals surface area (Å²) in [4.78, 5) is 0. The Bertz CT molecular complexity index is 609. The fourth-order valence-corrected chi connectivity index (χ4v) is 2.00. The quantitative estimate of drug-likeness (QED) is 0.878. The Morgan fingerprint density at radius 2 is 2.00 bits per heavy atom. The van der Waals surface area contributed by atoms with Crippen LogP contribution in [0.3, 0.4) is 0 Å². The van der Waals surface area contributed by atoms with Gasteiger partial charge in [-0.2, -0.15) is 10.5 Å². The second-order valence-electron chi connectivity index (χ2n) is 3.53. The van der Waals surface area contributed by atoms with Crippen molar-refractivity contribution in [2.45, 2.75) is 19.1 Å². The minimum atomic E-state index is -3.77. The summed E-state index contributed by atoms with van der Waals surface area (Å²) in [7, 11) is -3.77. The minimum absolute atomic E-state index is 0.203. The number of nitrogens with zero attached hydrogens (tertiary/aromatic N) is 2. The van der Waals surface area contributed by atoms with Gasteiger partial charge in [-0.05, 0) is 25.5 Å². The molecule has 0 saturated carbocycles. The van der Waals surface area contributed by atoms with Crippen LogP contribution in [0.2, 0.25) is 0 Å². The molecule has 1 aromatic carbocycles. The van der Waals surface area contributed by atoms with Crippen LogP contribution in [0, 0.1) is 29.6 Å². The zero-order chi connectivity index (χ0) is 13.1. The van der Waals surface area contributed by atoms with Gasteiger partial charge in [0.2, 0.25) is 10.0 Å². The summed E-state index contributed by atoms with van der Waals surface area (Å²) in [6.45, 7) is 2.99. The van der Waals surface area contributed by atoms with Crippen LogP contribution in [0.1, 0.15) is 18.1 Å². The van der Waals surface area contributed by atoms with E-state index in [2.05, 4.69) is 4.72 Å². The zero-order valence-corrected chi connectivity index (χ0v) is 10.2. The van der Waals surface area contributed by atoms with E-state index in [4.69, 9.17) is 10.5 Å². The van der Waals surface area contributed by atoms with Crippen molar-refractivity contribution < 1.29 is 8.42 Å². The summed E-state index contributed by atoms with van der Waals surface area (Å²) in [5.74, 6) is 0. The second kappa shape index (κ2) is 4.86. The normalized spacial score (nSPS) is 12.2. The molecule has 1 rings (SSSR count). The van der Waals surface area contributed by atoms with Crippen molar-refractivity contribution in [2.24, 2.45) is 0 Å². The summed E-state index contributed by atoms with van der Waals surface area (Å²) in [5, 5.41) is 16.4. The van der Waals surface area contributed by atoms with Gasteiger partial charge in [0.1, 0.15) is 6.07 Å². The molecule has 0 amide bonds. The molecule has 0 heterocycles. The molecule has 0 saturated heterocycles. The van der Waals surface area contributed by atoms with Crippen LogP contribution in [0.25, 0.3) is 0 Å². The number of sulfonamides is 1. The van der Waals surface area contributed by atoms with E-state index in [0.29, 0.717) is 5.56 Å². The van der Waals surface area contributed by atoms with E-state index in [1.165, 1.54) is 13.0 Å². The Kier molecular flexibility index (Phi) is 3.72. The Morgan fingerprint density at radius 3 is 2.53 bits per heavy atom. The van der Waals surface area contributed by atoms with Crippen molar-refractivity contribution in [3.63, 3.8) is 0 Å². The lowest BCUT2D eigenvalue weighted by Crippen LogP contribution is -2.24. The molecule has 5 nitrogen and oxygen atoms in total. The third-order valence-corrected chi connectivity index (χ3v) is 3.82. The van der Waals surface area contributed by atoms with Gasteiger partial charge in [-0.15, -0.1) is 0 Å². The average Bonchev–Trinajstić information content (AvgIpc) is 2.27. The van der Waals surface area contributed by atoms with Crippen LogP contribution in [-0.4, -0.2) is 13.7 Å². The lowest BCUT2D eigenvalue weighted by molar-refractivity contribution is 0.597. The summed E-state index contributed by atoms with van der Waals surface area (Å²) >= 11 is 0. The van der Waals surface area contributed by atoms with Gasteiger partial charge in [-0.1, -0.05) is 12.1 Å². The first kappa shape index (κ1) is 13.0. The molecule has 0 radical (unpaired) electrons. The van der Waals surface area contributed by atoms with Crippen molar-refractivity contribution in [2.75, 3.05) is 4.72 Å². The number of hydrogen-bond acceptors (Lipinski definition) is 4. The fourth-order valence-electron chi connectivity index (χ4n) is 1.21. The summed E-state index contributed by atoms with van der Waals surface area (Å²) in [6.07, 6.45) is 0. The van der Waals surface area contributed by atoms with Gasteiger partial charge in [0, 0.05) is 0 Å². The molecule has 1 atom stereocenters. The topological polar surface area (TPSA) is 93.8 Å². The average molecular weight is 249 g/mol. The molecule has 1 aromatic rings. The molecule has 17 heavy (non-hydrogen) atoms. The number of aryl methyl sites for hydroxylation is 1. The highest BCUT2D eigenvalue weighted by atomic mass is 32.2. The van der Waals surface area contributed by atoms with Crippen molar-refractivity contribution in [1.82, 2.24) is 0 Å². The lowest BCUT2D eigenvalue weighted by Gasteiger charge is -2.11. The minimum Gasteiger partial charge on any atom is -0.281 e. The molecule has 0 aliphatic heterocycles. The van der Waals surface area contributed by atoms with Crippen LogP contribution in [-0.2, 0) is 10.0 Å². The molecular formula is C11H11N3O2S. The van der Waals surface area contributed by atoms with E-state index in [9.17, 15) is 8.42 Å². The van der Waals surface area contributed by atoms with Crippen LogP contribution in [0.15, 0.2) is 18.2 Å². The molecule has 1 unspecified atom stereocenters. The second-order valence-corrected chi connectivity index (χ2v) is 5.53. The molecule has 88 valence electrons. The first-order valence-corrected chi connectivity index (χ1v) is 6.38. The fraction of sp³-hybridized carbons (Fsp3) is 0.273. The maximum Gasteiger partial charge on any atom is 0.248 e. The molecule has 0 fully saturated rings. The molecule has 1 N–H and O–H groups in total. The number of benzene rings is 1. The van der Waals surface area contributed by atoms with Crippen molar-refractivity contribution in [3.8, 4) is 12.1 Å². The Labute approximate surface area is 100 Å². The summed E-state index contributed by atoms with van der Waals surface area (Å²) in [5.41, 5.74) is 1.15. The molecule has 6 heteroatoms. The van der Waals surface area contributed by atoms with Crippen LogP contribution >= 0.6 is 0 Å². The Balaban J connectivity index is 3.19. The van der Waals surface area contributed by atoms with Gasteiger partial charge in [0.05, 0.1) is 17.3 Å². The number of nitrogens with one attached hydrogen (secondary N) is 1. The van der Waals surface area contributed by atoms with E-state index in [-0.39, 0.29) is 11.3 Å². The molecule has 0 bridgehead atoms. The first-order chi connectivity index (χ1) is 7.92. The lowest BCUT2D eigenvalue weighted by atomic mass is 10.1. The van der Waals surface area contributed by atoms with Crippen LogP contribution in [0.4, 0.5) is 5.69 Å². The molecule has 0 spiro atoms. The summed E-state index contributed by atoms with van der Waals surface area (Å²) < 4.78 is 25.6. The number of nitriles is 2. The van der Waals surface area contributed by atoms with E-state index >= 15 is 0 Å². The van der Waals surface area contributed by atoms with E-state index < -0.39 is 15.3 Å². The standard InChI is InChI=1S/C11H11N3O2S/c1-8-4-3-5-11(10(8)7-13)14-17(15,16)9(2)6-12/h3-5,9,14H,1-2H3. The highest BCUT2D eigenvalue weighted by Crippen LogP contribution is 2.20. The van der Waals surface area contributed by atoms with Gasteiger partial charge in [-0.25, -0.2) is 8.42 Å². The van der Waals surface area contributed by atoms with Crippen LogP contribution < -0.4 is 4.72 Å². The van der Waals surface area contributed by atoms with Gasteiger partial charge in [-0.3, -0.25) is 4.72 Å². The maximum absolute atomic E-state index is 11.7. The highest BCUT2D eigenvalue weighted by molar-refractivity contribution is 7.93.